The number of nitrogens with zero attached hydrogens (tertiary/aromatic N) is 2. The van der Waals surface area contributed by atoms with E-state index in [0.717, 1.165) is 4.90 Å². The number of hydrogen-bond acceptors (Lipinski definition) is 6. The van der Waals surface area contributed by atoms with Gasteiger partial charge in [0.15, 0.2) is 5.58 Å². The molecule has 0 saturated heterocycles. The van der Waals surface area contributed by atoms with Gasteiger partial charge < -0.3 is 14.8 Å². The van der Waals surface area contributed by atoms with Crippen LogP contribution >= 0.6 is 0 Å². The molecule has 4 rings (SSSR count). The zero-order valence-electron chi connectivity index (χ0n) is 14.0. The molecule has 0 radical (unpaired) electrons. The van der Waals surface area contributed by atoms with Crippen LogP contribution in [0.3, 0.4) is 0 Å². The SMILES string of the molecule is O=C1C=C(Nc2ccc3nc(-c4cccc(F)c4)oc3c2)C(=O)N1CCO. The van der Waals surface area contributed by atoms with Gasteiger partial charge >= 0.3 is 0 Å². The van der Waals surface area contributed by atoms with E-state index < -0.39 is 11.8 Å². The molecule has 2 heterocycles. The maximum absolute atomic E-state index is 13.4. The molecule has 2 amide bonds. The molecule has 0 spiro atoms. The van der Waals surface area contributed by atoms with Crippen LogP contribution < -0.4 is 5.32 Å². The van der Waals surface area contributed by atoms with Crippen molar-refractivity contribution in [2.24, 2.45) is 0 Å². The average molecular weight is 367 g/mol. The number of aromatic nitrogens is 1. The van der Waals surface area contributed by atoms with Crippen LogP contribution in [0.25, 0.3) is 22.6 Å². The number of aliphatic hydroxyl groups excluding tert-OH is 1. The van der Waals surface area contributed by atoms with Crippen LogP contribution in [-0.4, -0.2) is 40.0 Å². The van der Waals surface area contributed by atoms with Crippen LogP contribution in [0.5, 0.6) is 0 Å². The molecule has 0 saturated carbocycles. The van der Waals surface area contributed by atoms with Crippen molar-refractivity contribution in [3.8, 4) is 11.5 Å². The highest BCUT2D eigenvalue weighted by molar-refractivity contribution is 6.17. The van der Waals surface area contributed by atoms with Crippen LogP contribution in [0.1, 0.15) is 0 Å². The maximum atomic E-state index is 13.4. The molecule has 1 aromatic heterocycles. The van der Waals surface area contributed by atoms with Crippen molar-refractivity contribution in [3.63, 3.8) is 0 Å². The molecule has 3 aromatic rings. The van der Waals surface area contributed by atoms with Gasteiger partial charge in [-0.2, -0.15) is 0 Å². The van der Waals surface area contributed by atoms with E-state index in [1.165, 1.54) is 18.2 Å². The van der Waals surface area contributed by atoms with Gasteiger partial charge in [-0.15, -0.1) is 0 Å². The standard InChI is InChI=1S/C19H14FN3O4/c20-12-3-1-2-11(8-12)18-22-14-5-4-13(9-16(14)27-18)21-15-10-17(25)23(6-7-24)19(15)26/h1-5,8-10,21,24H,6-7H2. The molecule has 2 N–H and O–H groups in total. The summed E-state index contributed by atoms with van der Waals surface area (Å²) in [4.78, 5) is 29.3. The number of anilines is 1. The predicted octanol–water partition coefficient (Wildman–Crippen LogP) is 2.29. The van der Waals surface area contributed by atoms with Gasteiger partial charge in [0.25, 0.3) is 11.8 Å². The monoisotopic (exact) mass is 367 g/mol. The number of nitrogens with one attached hydrogen (secondary N) is 1. The number of carbonyl (C=O) groups is 2. The van der Waals surface area contributed by atoms with Gasteiger partial charge in [-0.1, -0.05) is 6.07 Å². The number of fused-ring (bicyclic) bond motifs is 1. The molecular formula is C19H14FN3O4. The molecule has 2 aromatic carbocycles. The Kier molecular flexibility index (Phi) is 4.17. The fourth-order valence-electron chi connectivity index (χ4n) is 2.81. The van der Waals surface area contributed by atoms with Crippen LogP contribution in [0.15, 0.2) is 58.7 Å². The summed E-state index contributed by atoms with van der Waals surface area (Å²) >= 11 is 0. The summed E-state index contributed by atoms with van der Waals surface area (Å²) in [6.07, 6.45) is 1.18. The Hall–Kier alpha value is -3.52. The highest BCUT2D eigenvalue weighted by Crippen LogP contribution is 2.27. The Bertz CT molecular complexity index is 1090. The zero-order valence-corrected chi connectivity index (χ0v) is 14.0. The number of β-amino-alcohol motifs (C(OH)–C–C–N with tert-alkyl or cyclic N) is 1. The topological polar surface area (TPSA) is 95.7 Å². The highest BCUT2D eigenvalue weighted by Gasteiger charge is 2.30. The Labute approximate surface area is 152 Å². The number of rotatable bonds is 5. The fourth-order valence-corrected chi connectivity index (χ4v) is 2.81. The Morgan fingerprint density at radius 3 is 2.81 bits per heavy atom. The number of imide groups is 1. The molecule has 7 nitrogen and oxygen atoms in total. The Balaban J connectivity index is 1.60. The summed E-state index contributed by atoms with van der Waals surface area (Å²) < 4.78 is 19.1. The van der Waals surface area contributed by atoms with E-state index in [2.05, 4.69) is 10.3 Å². The molecule has 0 aliphatic carbocycles. The first-order valence-corrected chi connectivity index (χ1v) is 8.17. The van der Waals surface area contributed by atoms with E-state index in [4.69, 9.17) is 9.52 Å². The van der Waals surface area contributed by atoms with E-state index in [1.54, 1.807) is 30.3 Å². The molecule has 0 fully saturated rings. The van der Waals surface area contributed by atoms with E-state index in [-0.39, 0.29) is 30.6 Å². The van der Waals surface area contributed by atoms with E-state index in [0.29, 0.717) is 22.4 Å². The smallest absolute Gasteiger partial charge is 0.277 e. The van der Waals surface area contributed by atoms with E-state index in [1.807, 2.05) is 0 Å². The molecule has 8 heteroatoms. The van der Waals surface area contributed by atoms with E-state index in [9.17, 15) is 14.0 Å². The van der Waals surface area contributed by atoms with Gasteiger partial charge in [0.05, 0.1) is 13.2 Å². The lowest BCUT2D eigenvalue weighted by Crippen LogP contribution is -2.34. The van der Waals surface area contributed by atoms with Gasteiger partial charge in [0, 0.05) is 23.4 Å². The van der Waals surface area contributed by atoms with Crippen molar-refractivity contribution in [1.29, 1.82) is 0 Å². The third kappa shape index (κ3) is 3.18. The minimum Gasteiger partial charge on any atom is -0.436 e. The Morgan fingerprint density at radius 2 is 2.04 bits per heavy atom. The molecule has 0 bridgehead atoms. The summed E-state index contributed by atoms with van der Waals surface area (Å²) in [5.74, 6) is -1.10. The van der Waals surface area contributed by atoms with Crippen molar-refractivity contribution in [2.45, 2.75) is 0 Å². The lowest BCUT2D eigenvalue weighted by atomic mass is 10.2. The summed E-state index contributed by atoms with van der Waals surface area (Å²) in [6.45, 7) is -0.358. The minimum atomic E-state index is -0.507. The van der Waals surface area contributed by atoms with Crippen molar-refractivity contribution in [1.82, 2.24) is 9.88 Å². The van der Waals surface area contributed by atoms with Gasteiger partial charge in [-0.25, -0.2) is 9.37 Å². The van der Waals surface area contributed by atoms with Crippen LogP contribution in [0.4, 0.5) is 10.1 Å². The van der Waals surface area contributed by atoms with Gasteiger partial charge in [0.2, 0.25) is 5.89 Å². The predicted molar refractivity (Wildman–Crippen MR) is 94.9 cm³/mol. The summed E-state index contributed by atoms with van der Waals surface area (Å²) in [5, 5.41) is 11.8. The second-order valence-corrected chi connectivity index (χ2v) is 5.91. The lowest BCUT2D eigenvalue weighted by Gasteiger charge is -2.13. The third-order valence-corrected chi connectivity index (χ3v) is 4.07. The van der Waals surface area contributed by atoms with Crippen LogP contribution in [0, 0.1) is 5.82 Å². The first-order chi connectivity index (χ1) is 13.0. The van der Waals surface area contributed by atoms with E-state index >= 15 is 0 Å². The molecule has 136 valence electrons. The second-order valence-electron chi connectivity index (χ2n) is 5.91. The first kappa shape index (κ1) is 16.9. The van der Waals surface area contributed by atoms with Crippen molar-refractivity contribution < 1.29 is 23.5 Å². The molecule has 1 aliphatic heterocycles. The zero-order chi connectivity index (χ0) is 19.0. The summed E-state index contributed by atoms with van der Waals surface area (Å²) in [7, 11) is 0. The van der Waals surface area contributed by atoms with Crippen molar-refractivity contribution in [2.75, 3.05) is 18.5 Å². The molecule has 0 unspecified atom stereocenters. The maximum Gasteiger partial charge on any atom is 0.277 e. The third-order valence-electron chi connectivity index (χ3n) is 4.07. The number of benzene rings is 2. The lowest BCUT2D eigenvalue weighted by molar-refractivity contribution is -0.137. The van der Waals surface area contributed by atoms with Crippen LogP contribution in [-0.2, 0) is 9.59 Å². The van der Waals surface area contributed by atoms with Crippen molar-refractivity contribution >= 4 is 28.6 Å². The quantitative estimate of drug-likeness (QED) is 0.672. The number of halogens is 1. The van der Waals surface area contributed by atoms with Crippen molar-refractivity contribution in [3.05, 3.63) is 60.1 Å². The molecule has 0 atom stereocenters. The highest BCUT2D eigenvalue weighted by atomic mass is 19.1. The number of hydrogen-bond donors (Lipinski definition) is 2. The Morgan fingerprint density at radius 1 is 1.19 bits per heavy atom. The minimum absolute atomic E-state index is 0.0581. The van der Waals surface area contributed by atoms with Gasteiger partial charge in [-0.05, 0) is 30.3 Å². The molecule has 1 aliphatic rings. The number of oxazole rings is 1. The molecular weight excluding hydrogens is 353 g/mol. The van der Waals surface area contributed by atoms with Gasteiger partial charge in [-0.3, -0.25) is 14.5 Å². The van der Waals surface area contributed by atoms with Crippen LogP contribution in [0.2, 0.25) is 0 Å². The first-order valence-electron chi connectivity index (χ1n) is 8.17. The summed E-state index contributed by atoms with van der Waals surface area (Å²) in [6, 6.07) is 10.9. The second kappa shape index (κ2) is 6.65. The average Bonchev–Trinajstić information content (AvgIpc) is 3.18. The fraction of sp³-hybridized carbons (Fsp3) is 0.105. The molecule has 27 heavy (non-hydrogen) atoms. The normalized spacial score (nSPS) is 14.1. The summed E-state index contributed by atoms with van der Waals surface area (Å²) in [5.41, 5.74) is 2.17. The number of amides is 2. The number of carbonyl (C=O) groups excluding carboxylic acids is 2. The largest absolute Gasteiger partial charge is 0.436 e. The number of aliphatic hydroxyl groups is 1. The van der Waals surface area contributed by atoms with Gasteiger partial charge in [0.1, 0.15) is 17.0 Å².